The molecule has 0 radical (unpaired) electrons. The van der Waals surface area contributed by atoms with Crippen LogP contribution in [0, 0.1) is 6.92 Å². The molecule has 0 unspecified atom stereocenters. The molecule has 2 aromatic rings. The summed E-state index contributed by atoms with van der Waals surface area (Å²) in [6.07, 6.45) is 0.721. The first-order chi connectivity index (χ1) is 9.06. The molecule has 2 rings (SSSR count). The zero-order chi connectivity index (χ0) is 13.8. The molecule has 19 heavy (non-hydrogen) atoms. The molecule has 0 atom stereocenters. The first-order valence-electron chi connectivity index (χ1n) is 5.80. The van der Waals surface area contributed by atoms with E-state index in [4.69, 9.17) is 17.3 Å². The van der Waals surface area contributed by atoms with Crippen molar-refractivity contribution in [3.63, 3.8) is 0 Å². The van der Waals surface area contributed by atoms with E-state index in [0.717, 1.165) is 17.1 Å². The van der Waals surface area contributed by atoms with Gasteiger partial charge < -0.3 is 11.1 Å². The van der Waals surface area contributed by atoms with Crippen molar-refractivity contribution in [2.24, 2.45) is 0 Å². The third-order valence-corrected chi connectivity index (χ3v) is 3.75. The second kappa shape index (κ2) is 6.04. The number of hydrogen-bond donors (Lipinski definition) is 2. The lowest BCUT2D eigenvalue weighted by Crippen LogP contribution is -2.25. The lowest BCUT2D eigenvalue weighted by molar-refractivity contribution is 0.0954. The molecule has 1 heterocycles. The van der Waals surface area contributed by atoms with Gasteiger partial charge in [-0.25, -0.2) is 4.98 Å². The smallest absolute Gasteiger partial charge is 0.251 e. The average Bonchev–Trinajstić information content (AvgIpc) is 2.78. The fourth-order valence-corrected chi connectivity index (χ4v) is 2.43. The molecule has 0 aliphatic heterocycles. The lowest BCUT2D eigenvalue weighted by atomic mass is 10.2. The summed E-state index contributed by atoms with van der Waals surface area (Å²) >= 11 is 7.48. The highest BCUT2D eigenvalue weighted by Gasteiger charge is 2.07. The number of nitrogens with zero attached hydrogens (tertiary/aromatic N) is 1. The monoisotopic (exact) mass is 295 g/mol. The van der Waals surface area contributed by atoms with Crippen LogP contribution in [0.2, 0.25) is 5.02 Å². The van der Waals surface area contributed by atoms with E-state index in [0.29, 0.717) is 22.8 Å². The van der Waals surface area contributed by atoms with E-state index in [1.807, 2.05) is 12.3 Å². The van der Waals surface area contributed by atoms with Crippen molar-refractivity contribution in [2.45, 2.75) is 13.3 Å². The molecule has 1 aromatic heterocycles. The van der Waals surface area contributed by atoms with Crippen LogP contribution >= 0.6 is 22.9 Å². The highest BCUT2D eigenvalue weighted by atomic mass is 35.5. The predicted molar refractivity (Wildman–Crippen MR) is 78.8 cm³/mol. The molecule has 0 aliphatic rings. The number of hydrogen-bond acceptors (Lipinski definition) is 4. The largest absolute Gasteiger partial charge is 0.398 e. The Balaban J connectivity index is 1.89. The van der Waals surface area contributed by atoms with Crippen molar-refractivity contribution in [1.82, 2.24) is 10.3 Å². The molecular formula is C13H14ClN3OS. The normalized spacial score (nSPS) is 10.4. The molecular weight excluding hydrogens is 282 g/mol. The molecule has 3 N–H and O–H groups in total. The van der Waals surface area contributed by atoms with E-state index in [1.54, 1.807) is 29.5 Å². The van der Waals surface area contributed by atoms with Crippen LogP contribution in [0.3, 0.4) is 0 Å². The number of aryl methyl sites for hydroxylation is 1. The number of nitrogens with two attached hydrogens (primary N) is 1. The molecule has 6 heteroatoms. The van der Waals surface area contributed by atoms with Crippen LogP contribution in [0.5, 0.6) is 0 Å². The van der Waals surface area contributed by atoms with Gasteiger partial charge in [0.1, 0.15) is 0 Å². The van der Waals surface area contributed by atoms with Crippen molar-refractivity contribution in [1.29, 1.82) is 0 Å². The average molecular weight is 296 g/mol. The van der Waals surface area contributed by atoms with Gasteiger partial charge in [0.25, 0.3) is 5.91 Å². The van der Waals surface area contributed by atoms with Crippen LogP contribution in [0.1, 0.15) is 21.1 Å². The summed E-state index contributed by atoms with van der Waals surface area (Å²) in [6, 6.07) is 4.85. The van der Waals surface area contributed by atoms with Gasteiger partial charge in [0.05, 0.1) is 21.4 Å². The Bertz CT molecular complexity index is 597. The highest BCUT2D eigenvalue weighted by Crippen LogP contribution is 2.19. The number of carbonyl (C=O) groups is 1. The summed E-state index contributed by atoms with van der Waals surface area (Å²) in [5, 5.41) is 6.26. The van der Waals surface area contributed by atoms with Gasteiger partial charge >= 0.3 is 0 Å². The van der Waals surface area contributed by atoms with E-state index in [2.05, 4.69) is 10.3 Å². The summed E-state index contributed by atoms with van der Waals surface area (Å²) < 4.78 is 0. The second-order valence-electron chi connectivity index (χ2n) is 4.10. The maximum absolute atomic E-state index is 11.9. The second-order valence-corrected chi connectivity index (χ2v) is 5.57. The fourth-order valence-electron chi connectivity index (χ4n) is 1.60. The maximum Gasteiger partial charge on any atom is 0.251 e. The van der Waals surface area contributed by atoms with Gasteiger partial charge in [-0.3, -0.25) is 4.79 Å². The maximum atomic E-state index is 11.9. The Kier molecular flexibility index (Phi) is 4.39. The number of amides is 1. The number of aromatic nitrogens is 1. The number of anilines is 1. The number of nitrogen functional groups attached to an aromatic ring is 1. The van der Waals surface area contributed by atoms with Crippen molar-refractivity contribution < 1.29 is 4.79 Å². The fraction of sp³-hybridized carbons (Fsp3) is 0.231. The van der Waals surface area contributed by atoms with Gasteiger partial charge in [-0.15, -0.1) is 11.3 Å². The van der Waals surface area contributed by atoms with Gasteiger partial charge in [0.2, 0.25) is 0 Å². The molecule has 0 bridgehead atoms. The summed E-state index contributed by atoms with van der Waals surface area (Å²) in [4.78, 5) is 16.2. The summed E-state index contributed by atoms with van der Waals surface area (Å²) in [5.41, 5.74) is 7.57. The van der Waals surface area contributed by atoms with Gasteiger partial charge in [-0.2, -0.15) is 0 Å². The van der Waals surface area contributed by atoms with Crippen molar-refractivity contribution >= 4 is 34.5 Å². The molecule has 0 aliphatic carbocycles. The van der Waals surface area contributed by atoms with Crippen LogP contribution < -0.4 is 11.1 Å². The number of thiazole rings is 1. The topological polar surface area (TPSA) is 68.0 Å². The number of carbonyl (C=O) groups excluding carboxylic acids is 1. The highest BCUT2D eigenvalue weighted by molar-refractivity contribution is 7.09. The van der Waals surface area contributed by atoms with Crippen LogP contribution in [-0.2, 0) is 6.42 Å². The Labute approximate surface area is 120 Å². The Hall–Kier alpha value is -1.59. The molecule has 0 saturated heterocycles. The van der Waals surface area contributed by atoms with Gasteiger partial charge in [0, 0.05) is 23.9 Å². The standard InChI is InChI=1S/C13H14ClN3OS/c1-8-17-10(7-19-8)4-5-16-13(18)9-2-3-12(15)11(14)6-9/h2-3,6-7H,4-5,15H2,1H3,(H,16,18). The van der Waals surface area contributed by atoms with Crippen LogP contribution in [0.15, 0.2) is 23.6 Å². The third-order valence-electron chi connectivity index (χ3n) is 2.60. The first kappa shape index (κ1) is 13.8. The third kappa shape index (κ3) is 3.68. The SMILES string of the molecule is Cc1nc(CCNC(=O)c2ccc(N)c(Cl)c2)cs1. The number of halogens is 1. The quantitative estimate of drug-likeness (QED) is 0.852. The van der Waals surface area contributed by atoms with Crippen molar-refractivity contribution in [3.8, 4) is 0 Å². The number of benzene rings is 1. The van der Waals surface area contributed by atoms with Crippen LogP contribution in [0.25, 0.3) is 0 Å². The van der Waals surface area contributed by atoms with E-state index in [-0.39, 0.29) is 5.91 Å². The first-order valence-corrected chi connectivity index (χ1v) is 7.06. The Morgan fingerprint density at radius 1 is 1.53 bits per heavy atom. The van der Waals surface area contributed by atoms with E-state index in [1.165, 1.54) is 0 Å². The minimum absolute atomic E-state index is 0.158. The van der Waals surface area contributed by atoms with Gasteiger partial charge in [-0.05, 0) is 25.1 Å². The Morgan fingerprint density at radius 2 is 2.32 bits per heavy atom. The molecule has 0 fully saturated rings. The number of nitrogens with one attached hydrogen (secondary N) is 1. The summed E-state index contributed by atoms with van der Waals surface area (Å²) in [5.74, 6) is -0.158. The van der Waals surface area contributed by atoms with Crippen molar-refractivity contribution in [3.05, 3.63) is 44.9 Å². The van der Waals surface area contributed by atoms with E-state index in [9.17, 15) is 4.79 Å². The predicted octanol–water partition coefficient (Wildman–Crippen LogP) is 2.66. The summed E-state index contributed by atoms with van der Waals surface area (Å²) in [7, 11) is 0. The molecule has 4 nitrogen and oxygen atoms in total. The number of rotatable bonds is 4. The lowest BCUT2D eigenvalue weighted by Gasteiger charge is -2.05. The molecule has 0 spiro atoms. The van der Waals surface area contributed by atoms with Crippen LogP contribution in [-0.4, -0.2) is 17.4 Å². The minimum Gasteiger partial charge on any atom is -0.398 e. The molecule has 1 aromatic carbocycles. The Morgan fingerprint density at radius 3 is 2.95 bits per heavy atom. The molecule has 0 saturated carbocycles. The van der Waals surface area contributed by atoms with Crippen LogP contribution in [0.4, 0.5) is 5.69 Å². The van der Waals surface area contributed by atoms with Gasteiger partial charge in [-0.1, -0.05) is 11.6 Å². The van der Waals surface area contributed by atoms with Gasteiger partial charge in [0.15, 0.2) is 0 Å². The summed E-state index contributed by atoms with van der Waals surface area (Å²) in [6.45, 7) is 2.51. The molecule has 100 valence electrons. The molecule has 1 amide bonds. The zero-order valence-corrected chi connectivity index (χ0v) is 12.0. The van der Waals surface area contributed by atoms with Crippen molar-refractivity contribution in [2.75, 3.05) is 12.3 Å². The zero-order valence-electron chi connectivity index (χ0n) is 10.4. The minimum atomic E-state index is -0.158. The van der Waals surface area contributed by atoms with E-state index >= 15 is 0 Å². The van der Waals surface area contributed by atoms with E-state index < -0.39 is 0 Å².